The Labute approximate surface area is 624 Å². The van der Waals surface area contributed by atoms with Crippen LogP contribution in [0.4, 0.5) is 0 Å². The van der Waals surface area contributed by atoms with Crippen molar-refractivity contribution < 1.29 is 128 Å². The number of hydrogen-bond acceptors (Lipinski definition) is 30. The Morgan fingerprint density at radius 1 is 0.226 bits per heavy atom. The van der Waals surface area contributed by atoms with Crippen LogP contribution in [-0.4, -0.2) is 294 Å². The number of ether oxygens (including phenoxy) is 21. The third-order valence-electron chi connectivity index (χ3n) is 14.8. The van der Waals surface area contributed by atoms with Gasteiger partial charge in [-0.3, -0.25) is 14.4 Å². The number of unbranched alkanes of at least 4 members (excludes halogenated alkanes) is 12. The molecule has 0 bridgehead atoms. The van der Waals surface area contributed by atoms with Crippen LogP contribution < -0.4 is 17.1 Å². The van der Waals surface area contributed by atoms with Crippen LogP contribution in [0.5, 0.6) is 0 Å². The van der Waals surface area contributed by atoms with Gasteiger partial charge < -0.3 is 99.5 Å². The SMILES string of the molecule is C=CC(=O)OCCOCCOCCOCCOCCOCCOCCOCCOCCOC(=O)CCCCCCCn1c(=O)n(CCCCCCCC(=O)COC(=O)C=C)c(=O)n(CCCCCCCC(=O)OCCOCCOCCOCCOCCOCCOCCOCCOCCOC(=O)C=C)c1=O. The van der Waals surface area contributed by atoms with Crippen LogP contribution in [0.15, 0.2) is 52.3 Å². The van der Waals surface area contributed by atoms with Crippen molar-refractivity contribution in [2.75, 3.05) is 244 Å². The van der Waals surface area contributed by atoms with Crippen LogP contribution in [-0.2, 0) is 148 Å². The molecule has 0 fully saturated rings. The molecule has 0 saturated heterocycles. The first-order valence-electron chi connectivity index (χ1n) is 37.3. The fourth-order valence-electron chi connectivity index (χ4n) is 9.18. The molecule has 0 aromatic carbocycles. The summed E-state index contributed by atoms with van der Waals surface area (Å²) in [4.78, 5) is 111. The molecule has 0 aliphatic rings. The second-order valence-electron chi connectivity index (χ2n) is 23.2. The first kappa shape index (κ1) is 98.0. The lowest BCUT2D eigenvalue weighted by Gasteiger charge is -2.14. The van der Waals surface area contributed by atoms with Crippen LogP contribution in [0.25, 0.3) is 0 Å². The van der Waals surface area contributed by atoms with E-state index in [1.54, 1.807) is 0 Å². The van der Waals surface area contributed by atoms with Gasteiger partial charge in [0.2, 0.25) is 0 Å². The largest absolute Gasteiger partial charge is 0.463 e. The first-order valence-corrected chi connectivity index (χ1v) is 37.3. The maximum Gasteiger partial charge on any atom is 0.336 e. The summed E-state index contributed by atoms with van der Waals surface area (Å²) < 4.78 is 116. The van der Waals surface area contributed by atoms with E-state index in [0.29, 0.717) is 256 Å². The van der Waals surface area contributed by atoms with Gasteiger partial charge in [-0.2, -0.15) is 0 Å². The number of aromatic nitrogens is 3. The molecule has 0 spiro atoms. The molecular weight excluding hydrogens is 1400 g/mol. The molecule has 0 saturated carbocycles. The monoisotopic (exact) mass is 1520 g/mol. The third-order valence-corrected chi connectivity index (χ3v) is 14.8. The molecule has 0 radical (unpaired) electrons. The Balaban J connectivity index is 2.22. The number of nitrogens with zero attached hydrogens (tertiary/aromatic N) is 3. The summed E-state index contributed by atoms with van der Waals surface area (Å²) in [6.45, 7) is 23.1. The highest BCUT2D eigenvalue weighted by atomic mass is 16.6. The van der Waals surface area contributed by atoms with Gasteiger partial charge in [0.1, 0.15) is 33.0 Å². The lowest BCUT2D eigenvalue weighted by molar-refractivity contribution is -0.146. The number of carbonyl (C=O) groups excluding carboxylic acids is 6. The maximum absolute atomic E-state index is 13.8. The van der Waals surface area contributed by atoms with Crippen LogP contribution in [0.3, 0.4) is 0 Å². The van der Waals surface area contributed by atoms with Crippen molar-refractivity contribution in [3.63, 3.8) is 0 Å². The summed E-state index contributed by atoms with van der Waals surface area (Å²) in [5, 5.41) is 0. The van der Waals surface area contributed by atoms with Crippen molar-refractivity contribution in [2.24, 2.45) is 0 Å². The zero-order chi connectivity index (χ0) is 76.9. The summed E-state index contributed by atoms with van der Waals surface area (Å²) in [5.74, 6) is -2.46. The molecule has 0 unspecified atom stereocenters. The number of hydrogen-bond donors (Lipinski definition) is 0. The van der Waals surface area contributed by atoms with Crippen molar-refractivity contribution in [1.82, 2.24) is 13.7 Å². The molecular formula is C73H125N3O30. The van der Waals surface area contributed by atoms with E-state index in [-0.39, 0.29) is 103 Å². The first-order chi connectivity index (χ1) is 51.9. The number of rotatable bonds is 83. The molecule has 0 atom stereocenters. The lowest BCUT2D eigenvalue weighted by atomic mass is 10.1. The van der Waals surface area contributed by atoms with E-state index in [1.165, 1.54) is 0 Å². The van der Waals surface area contributed by atoms with E-state index in [4.69, 9.17) is 99.5 Å². The van der Waals surface area contributed by atoms with Gasteiger partial charge in [0.05, 0.1) is 211 Å². The predicted molar refractivity (Wildman–Crippen MR) is 386 cm³/mol. The molecule has 0 aliphatic carbocycles. The van der Waals surface area contributed by atoms with Gasteiger partial charge in [-0.05, 0) is 38.5 Å². The Morgan fingerprint density at radius 3 is 0.632 bits per heavy atom. The molecule has 1 aromatic heterocycles. The molecule has 612 valence electrons. The van der Waals surface area contributed by atoms with E-state index in [2.05, 4.69) is 19.7 Å². The second kappa shape index (κ2) is 75.8. The minimum Gasteiger partial charge on any atom is -0.463 e. The fourth-order valence-corrected chi connectivity index (χ4v) is 9.18. The minimum absolute atomic E-state index is 0.122. The molecule has 33 nitrogen and oxygen atoms in total. The molecule has 1 heterocycles. The standard InChI is InChI=1S/C73H125N3O30/c1-4-66(78)102-60-56-98-52-48-94-44-40-90-36-32-86-28-30-88-34-38-92-42-46-96-50-54-100-58-62-104-69(81)23-17-11-8-14-20-26-75-71(83)74(25-19-13-7-10-16-22-65(77)64-106-68(80)6-3)72(84)76(73(75)85)27-21-15-9-12-18-24-70(82)105-63-59-101-55-51-97-47-43-93-39-35-89-31-29-87-33-37-91-41-45-95-49-53-99-57-61-103-67(79)5-2/h4-6H,1-3,7-64H2. The van der Waals surface area contributed by atoms with Crippen molar-refractivity contribution in [2.45, 2.75) is 135 Å². The Morgan fingerprint density at radius 2 is 0.406 bits per heavy atom. The van der Waals surface area contributed by atoms with E-state index < -0.39 is 35.0 Å². The van der Waals surface area contributed by atoms with Gasteiger partial charge in [0.25, 0.3) is 0 Å². The molecule has 0 N–H and O–H groups in total. The quantitative estimate of drug-likeness (QED) is 0.0379. The van der Waals surface area contributed by atoms with Gasteiger partial charge in [0.15, 0.2) is 5.78 Å². The molecule has 1 rings (SSSR count). The second-order valence-corrected chi connectivity index (χ2v) is 23.2. The number of carbonyl (C=O) groups is 6. The third kappa shape index (κ3) is 63.0. The van der Waals surface area contributed by atoms with Crippen LogP contribution >= 0.6 is 0 Å². The normalized spacial score (nSPS) is 11.2. The Hall–Kier alpha value is -5.99. The van der Waals surface area contributed by atoms with Crippen molar-refractivity contribution in [1.29, 1.82) is 0 Å². The van der Waals surface area contributed by atoms with Crippen molar-refractivity contribution >= 4 is 35.6 Å². The van der Waals surface area contributed by atoms with Gasteiger partial charge in [-0.15, -0.1) is 0 Å². The highest BCUT2D eigenvalue weighted by Gasteiger charge is 2.16. The number of esters is 5. The molecule has 1 aromatic rings. The summed E-state index contributed by atoms with van der Waals surface area (Å²) in [7, 11) is 0. The van der Waals surface area contributed by atoms with Crippen LogP contribution in [0.1, 0.15) is 116 Å². The van der Waals surface area contributed by atoms with E-state index >= 15 is 0 Å². The summed E-state index contributed by atoms with van der Waals surface area (Å²) in [6.07, 6.45) is 13.9. The van der Waals surface area contributed by atoms with E-state index in [9.17, 15) is 43.2 Å². The number of Topliss-reactive ketones (excluding diaryl/α,β-unsaturated/α-hetero) is 1. The smallest absolute Gasteiger partial charge is 0.336 e. The predicted octanol–water partition coefficient (Wildman–Crippen LogP) is 4.30. The van der Waals surface area contributed by atoms with Gasteiger partial charge in [-0.25, -0.2) is 42.5 Å². The maximum atomic E-state index is 13.8. The van der Waals surface area contributed by atoms with Crippen molar-refractivity contribution in [3.05, 3.63) is 69.4 Å². The molecule has 106 heavy (non-hydrogen) atoms. The van der Waals surface area contributed by atoms with E-state index in [1.807, 2.05) is 0 Å². The molecule has 0 aliphatic heterocycles. The van der Waals surface area contributed by atoms with Gasteiger partial charge in [-0.1, -0.05) is 77.5 Å². The van der Waals surface area contributed by atoms with Gasteiger partial charge in [0, 0.05) is 57.1 Å². The average molecular weight is 1520 g/mol. The zero-order valence-electron chi connectivity index (χ0n) is 63.0. The highest BCUT2D eigenvalue weighted by Crippen LogP contribution is 2.10. The van der Waals surface area contributed by atoms with Crippen LogP contribution in [0, 0.1) is 0 Å². The zero-order valence-corrected chi connectivity index (χ0v) is 63.0. The van der Waals surface area contributed by atoms with Crippen molar-refractivity contribution in [3.8, 4) is 0 Å². The fraction of sp³-hybridized carbons (Fsp3) is 0.795. The highest BCUT2D eigenvalue weighted by molar-refractivity contribution is 5.86. The Bertz CT molecular complexity index is 2410. The topological polar surface area (TPSA) is 362 Å². The summed E-state index contributed by atoms with van der Waals surface area (Å²) in [5.41, 5.74) is -1.95. The Kier molecular flexibility index (Phi) is 70.1. The molecule has 0 amide bonds. The lowest BCUT2D eigenvalue weighted by Crippen LogP contribution is -2.54. The minimum atomic E-state index is -0.656. The summed E-state index contributed by atoms with van der Waals surface area (Å²) in [6, 6.07) is 0. The number of ketones is 1. The molecule has 33 heteroatoms. The average Bonchev–Trinajstić information content (AvgIpc) is 0.790. The van der Waals surface area contributed by atoms with Gasteiger partial charge >= 0.3 is 46.9 Å². The van der Waals surface area contributed by atoms with E-state index in [0.717, 1.165) is 70.5 Å². The van der Waals surface area contributed by atoms with Crippen LogP contribution in [0.2, 0.25) is 0 Å². The summed E-state index contributed by atoms with van der Waals surface area (Å²) >= 11 is 0.